The molecule has 0 unspecified atom stereocenters. The Labute approximate surface area is 83.0 Å². The van der Waals surface area contributed by atoms with E-state index in [9.17, 15) is 0 Å². The molecule has 1 aromatic rings. The van der Waals surface area contributed by atoms with Crippen LogP contribution in [0.2, 0.25) is 0 Å². The number of nitrogens with zero attached hydrogens (tertiary/aromatic N) is 1. The number of benzene rings is 1. The highest BCUT2D eigenvalue weighted by atomic mass is 16.3. The molecule has 0 atom stereocenters. The molecular formula is C11H12N2O. The lowest BCUT2D eigenvalue weighted by Crippen LogP contribution is -2.25. The summed E-state index contributed by atoms with van der Waals surface area (Å²) in [4.78, 5) is 0. The second-order valence-electron chi connectivity index (χ2n) is 3.75. The molecule has 0 aromatic heterocycles. The molecule has 2 N–H and O–H groups in total. The molecule has 72 valence electrons. The highest BCUT2D eigenvalue weighted by molar-refractivity contribution is 5.50. The van der Waals surface area contributed by atoms with Crippen LogP contribution in [0.1, 0.15) is 18.4 Å². The van der Waals surface area contributed by atoms with E-state index in [0.717, 1.165) is 18.5 Å². The van der Waals surface area contributed by atoms with Gasteiger partial charge in [-0.1, -0.05) is 0 Å². The monoisotopic (exact) mass is 188 g/mol. The van der Waals surface area contributed by atoms with Gasteiger partial charge < -0.3 is 10.4 Å². The molecule has 0 aliphatic heterocycles. The topological polar surface area (TPSA) is 56.0 Å². The van der Waals surface area contributed by atoms with Gasteiger partial charge in [-0.15, -0.1) is 0 Å². The van der Waals surface area contributed by atoms with Crippen molar-refractivity contribution in [3.63, 3.8) is 0 Å². The quantitative estimate of drug-likeness (QED) is 0.755. The van der Waals surface area contributed by atoms with Gasteiger partial charge in [0.05, 0.1) is 23.8 Å². The van der Waals surface area contributed by atoms with Crippen LogP contribution in [0.5, 0.6) is 0 Å². The zero-order valence-electron chi connectivity index (χ0n) is 7.83. The summed E-state index contributed by atoms with van der Waals surface area (Å²) in [6, 6.07) is 9.36. The first-order chi connectivity index (χ1) is 6.78. The van der Waals surface area contributed by atoms with E-state index in [2.05, 4.69) is 11.4 Å². The van der Waals surface area contributed by atoms with Gasteiger partial charge in [-0.2, -0.15) is 5.26 Å². The summed E-state index contributed by atoms with van der Waals surface area (Å²) < 4.78 is 0. The highest BCUT2D eigenvalue weighted by Crippen LogP contribution is 2.38. The van der Waals surface area contributed by atoms with Crippen molar-refractivity contribution in [2.24, 2.45) is 0 Å². The summed E-state index contributed by atoms with van der Waals surface area (Å²) >= 11 is 0. The lowest BCUT2D eigenvalue weighted by molar-refractivity contribution is 0.266. The number of aliphatic hydroxyl groups excluding tert-OH is 1. The number of hydrogen-bond acceptors (Lipinski definition) is 3. The van der Waals surface area contributed by atoms with Gasteiger partial charge in [-0.05, 0) is 37.1 Å². The smallest absolute Gasteiger partial charge is 0.0991 e. The minimum Gasteiger partial charge on any atom is -0.394 e. The first-order valence-electron chi connectivity index (χ1n) is 4.67. The molecule has 1 aliphatic carbocycles. The molecule has 0 heterocycles. The number of rotatable bonds is 3. The Morgan fingerprint density at radius 1 is 1.36 bits per heavy atom. The maximum Gasteiger partial charge on any atom is 0.0991 e. The van der Waals surface area contributed by atoms with E-state index in [0.29, 0.717) is 5.56 Å². The van der Waals surface area contributed by atoms with E-state index in [4.69, 9.17) is 10.4 Å². The molecule has 3 nitrogen and oxygen atoms in total. The van der Waals surface area contributed by atoms with Gasteiger partial charge in [0.1, 0.15) is 0 Å². The Hall–Kier alpha value is -1.53. The fourth-order valence-electron chi connectivity index (χ4n) is 1.41. The van der Waals surface area contributed by atoms with E-state index in [1.54, 1.807) is 12.1 Å². The number of aliphatic hydroxyl groups is 1. The molecule has 0 amide bonds. The van der Waals surface area contributed by atoms with Gasteiger partial charge in [0, 0.05) is 5.69 Å². The molecular weight excluding hydrogens is 176 g/mol. The zero-order valence-corrected chi connectivity index (χ0v) is 7.83. The maximum atomic E-state index is 9.10. The van der Waals surface area contributed by atoms with Crippen molar-refractivity contribution in [1.82, 2.24) is 0 Å². The third-order valence-corrected chi connectivity index (χ3v) is 2.58. The molecule has 0 spiro atoms. The van der Waals surface area contributed by atoms with E-state index in [1.165, 1.54) is 0 Å². The van der Waals surface area contributed by atoms with Crippen LogP contribution >= 0.6 is 0 Å². The van der Waals surface area contributed by atoms with Gasteiger partial charge in [-0.25, -0.2) is 0 Å². The predicted octanol–water partition coefficient (Wildman–Crippen LogP) is 1.50. The SMILES string of the molecule is N#Cc1ccc(NC2(CO)CC2)cc1. The molecule has 1 aromatic carbocycles. The molecule has 2 rings (SSSR count). The van der Waals surface area contributed by atoms with E-state index in [1.807, 2.05) is 12.1 Å². The summed E-state index contributed by atoms with van der Waals surface area (Å²) in [6.45, 7) is 0.174. The molecule has 1 aliphatic rings. The van der Waals surface area contributed by atoms with Crippen LogP contribution in [0.25, 0.3) is 0 Å². The Balaban J connectivity index is 2.08. The minimum atomic E-state index is -0.0891. The molecule has 0 saturated heterocycles. The van der Waals surface area contributed by atoms with Crippen LogP contribution in [-0.2, 0) is 0 Å². The molecule has 1 fully saturated rings. The van der Waals surface area contributed by atoms with Gasteiger partial charge in [0.15, 0.2) is 0 Å². The van der Waals surface area contributed by atoms with Crippen molar-refractivity contribution in [3.8, 4) is 6.07 Å². The fourth-order valence-corrected chi connectivity index (χ4v) is 1.41. The molecule has 0 radical (unpaired) electrons. The van der Waals surface area contributed by atoms with Crippen LogP contribution in [0, 0.1) is 11.3 Å². The van der Waals surface area contributed by atoms with Crippen molar-refractivity contribution >= 4 is 5.69 Å². The number of anilines is 1. The third kappa shape index (κ3) is 1.70. The van der Waals surface area contributed by atoms with Crippen molar-refractivity contribution in [3.05, 3.63) is 29.8 Å². The lowest BCUT2D eigenvalue weighted by atomic mass is 10.2. The summed E-state index contributed by atoms with van der Waals surface area (Å²) in [5.41, 5.74) is 1.54. The largest absolute Gasteiger partial charge is 0.394 e. The maximum absolute atomic E-state index is 9.10. The van der Waals surface area contributed by atoms with Crippen LogP contribution in [-0.4, -0.2) is 17.3 Å². The number of nitriles is 1. The van der Waals surface area contributed by atoms with Gasteiger partial charge in [0.2, 0.25) is 0 Å². The predicted molar refractivity (Wildman–Crippen MR) is 53.8 cm³/mol. The molecule has 1 saturated carbocycles. The van der Waals surface area contributed by atoms with E-state index >= 15 is 0 Å². The Morgan fingerprint density at radius 2 is 2.00 bits per heavy atom. The van der Waals surface area contributed by atoms with Gasteiger partial charge >= 0.3 is 0 Å². The Kier molecular flexibility index (Phi) is 2.14. The highest BCUT2D eigenvalue weighted by Gasteiger charge is 2.41. The van der Waals surface area contributed by atoms with Gasteiger partial charge in [-0.3, -0.25) is 0 Å². The van der Waals surface area contributed by atoms with Crippen molar-refractivity contribution in [2.45, 2.75) is 18.4 Å². The van der Waals surface area contributed by atoms with Crippen LogP contribution in [0.4, 0.5) is 5.69 Å². The van der Waals surface area contributed by atoms with Crippen molar-refractivity contribution < 1.29 is 5.11 Å². The summed E-state index contributed by atoms with van der Waals surface area (Å²) in [5.74, 6) is 0. The first-order valence-corrected chi connectivity index (χ1v) is 4.67. The lowest BCUT2D eigenvalue weighted by Gasteiger charge is -2.15. The van der Waals surface area contributed by atoms with Crippen LogP contribution in [0.3, 0.4) is 0 Å². The average Bonchev–Trinajstić information content (AvgIpc) is 3.00. The molecule has 3 heteroatoms. The second-order valence-corrected chi connectivity index (χ2v) is 3.75. The number of hydrogen-bond donors (Lipinski definition) is 2. The molecule has 0 bridgehead atoms. The summed E-state index contributed by atoms with van der Waals surface area (Å²) in [6.07, 6.45) is 2.03. The van der Waals surface area contributed by atoms with Crippen molar-refractivity contribution in [1.29, 1.82) is 5.26 Å². The summed E-state index contributed by atoms with van der Waals surface area (Å²) in [7, 11) is 0. The van der Waals surface area contributed by atoms with Crippen LogP contribution < -0.4 is 5.32 Å². The molecule has 14 heavy (non-hydrogen) atoms. The third-order valence-electron chi connectivity index (χ3n) is 2.58. The summed E-state index contributed by atoms with van der Waals surface area (Å²) in [5, 5.41) is 21.0. The van der Waals surface area contributed by atoms with Crippen molar-refractivity contribution in [2.75, 3.05) is 11.9 Å². The standard InChI is InChI=1S/C11H12N2O/c12-7-9-1-3-10(4-2-9)13-11(8-14)5-6-11/h1-4,13-14H,5-6,8H2. The minimum absolute atomic E-state index is 0.0891. The van der Waals surface area contributed by atoms with E-state index in [-0.39, 0.29) is 12.1 Å². The normalized spacial score (nSPS) is 17.1. The fraction of sp³-hybridized carbons (Fsp3) is 0.364. The zero-order chi connectivity index (χ0) is 10.0. The number of nitrogens with one attached hydrogen (secondary N) is 1. The average molecular weight is 188 g/mol. The Morgan fingerprint density at radius 3 is 2.43 bits per heavy atom. The Bertz CT molecular complexity index is 360. The van der Waals surface area contributed by atoms with Gasteiger partial charge in [0.25, 0.3) is 0 Å². The first kappa shape index (κ1) is 9.04. The van der Waals surface area contributed by atoms with E-state index < -0.39 is 0 Å². The second kappa shape index (κ2) is 3.32. The van der Waals surface area contributed by atoms with Crippen LogP contribution in [0.15, 0.2) is 24.3 Å².